The molecule has 114 valence electrons. The zero-order valence-corrected chi connectivity index (χ0v) is 12.3. The molecule has 0 spiro atoms. The Morgan fingerprint density at radius 2 is 1.82 bits per heavy atom. The van der Waals surface area contributed by atoms with E-state index in [4.69, 9.17) is 0 Å². The second-order valence-corrected chi connectivity index (χ2v) is 5.40. The SMILES string of the molecule is O=[N+]([O-])c1ccc(N2CCN(Cc3cccnc3)CC2)cc1. The summed E-state index contributed by atoms with van der Waals surface area (Å²) in [5.74, 6) is 0. The van der Waals surface area contributed by atoms with Gasteiger partial charge in [0, 0.05) is 62.9 Å². The molecule has 1 saturated heterocycles. The number of piperazine rings is 1. The van der Waals surface area contributed by atoms with Crippen molar-refractivity contribution >= 4 is 11.4 Å². The summed E-state index contributed by atoms with van der Waals surface area (Å²) in [5, 5.41) is 10.7. The number of rotatable bonds is 4. The Morgan fingerprint density at radius 1 is 1.09 bits per heavy atom. The predicted octanol–water partition coefficient (Wildman–Crippen LogP) is 2.31. The highest BCUT2D eigenvalue weighted by atomic mass is 16.6. The molecule has 0 bridgehead atoms. The quantitative estimate of drug-likeness (QED) is 0.640. The Kier molecular flexibility index (Phi) is 4.29. The highest BCUT2D eigenvalue weighted by Gasteiger charge is 2.18. The van der Waals surface area contributed by atoms with E-state index in [-0.39, 0.29) is 10.6 Å². The third-order valence-corrected chi connectivity index (χ3v) is 3.93. The van der Waals surface area contributed by atoms with Gasteiger partial charge in [0.15, 0.2) is 0 Å². The Bertz CT molecular complexity index is 622. The van der Waals surface area contributed by atoms with E-state index >= 15 is 0 Å². The van der Waals surface area contributed by atoms with E-state index in [9.17, 15) is 10.1 Å². The zero-order valence-electron chi connectivity index (χ0n) is 12.3. The molecule has 1 aliphatic rings. The average Bonchev–Trinajstić information content (AvgIpc) is 2.57. The number of nitro benzene ring substituents is 1. The first-order valence-corrected chi connectivity index (χ1v) is 7.33. The van der Waals surface area contributed by atoms with Crippen molar-refractivity contribution in [3.05, 3.63) is 64.5 Å². The lowest BCUT2D eigenvalue weighted by Crippen LogP contribution is -2.45. The number of nitro groups is 1. The first-order chi connectivity index (χ1) is 10.7. The molecule has 2 heterocycles. The summed E-state index contributed by atoms with van der Waals surface area (Å²) in [6.07, 6.45) is 3.69. The van der Waals surface area contributed by atoms with Crippen molar-refractivity contribution < 1.29 is 4.92 Å². The molecule has 22 heavy (non-hydrogen) atoms. The fourth-order valence-electron chi connectivity index (χ4n) is 2.70. The van der Waals surface area contributed by atoms with Gasteiger partial charge in [0.05, 0.1) is 4.92 Å². The number of aromatic nitrogens is 1. The van der Waals surface area contributed by atoms with Crippen molar-refractivity contribution in [3.8, 4) is 0 Å². The maximum Gasteiger partial charge on any atom is 0.269 e. The molecule has 0 unspecified atom stereocenters. The van der Waals surface area contributed by atoms with Gasteiger partial charge < -0.3 is 4.90 Å². The summed E-state index contributed by atoms with van der Waals surface area (Å²) >= 11 is 0. The van der Waals surface area contributed by atoms with Gasteiger partial charge in [-0.15, -0.1) is 0 Å². The lowest BCUT2D eigenvalue weighted by atomic mass is 10.2. The summed E-state index contributed by atoms with van der Waals surface area (Å²) in [6, 6.07) is 10.8. The molecule has 2 aromatic rings. The molecule has 3 rings (SSSR count). The fraction of sp³-hybridized carbons (Fsp3) is 0.312. The van der Waals surface area contributed by atoms with Crippen LogP contribution in [0.5, 0.6) is 0 Å². The van der Waals surface area contributed by atoms with Crippen molar-refractivity contribution in [1.82, 2.24) is 9.88 Å². The van der Waals surface area contributed by atoms with Gasteiger partial charge in [0.25, 0.3) is 5.69 Å². The van der Waals surface area contributed by atoms with Gasteiger partial charge in [-0.2, -0.15) is 0 Å². The van der Waals surface area contributed by atoms with Crippen LogP contribution in [0, 0.1) is 10.1 Å². The Balaban J connectivity index is 1.56. The minimum atomic E-state index is -0.365. The average molecular weight is 298 g/mol. The van der Waals surface area contributed by atoms with Crippen molar-refractivity contribution in [2.45, 2.75) is 6.54 Å². The lowest BCUT2D eigenvalue weighted by molar-refractivity contribution is -0.384. The normalized spacial score (nSPS) is 15.7. The third kappa shape index (κ3) is 3.40. The molecule has 1 aromatic carbocycles. The molecule has 0 atom stereocenters. The van der Waals surface area contributed by atoms with Crippen molar-refractivity contribution in [2.24, 2.45) is 0 Å². The van der Waals surface area contributed by atoms with E-state index in [1.807, 2.05) is 24.4 Å². The van der Waals surface area contributed by atoms with Crippen LogP contribution in [-0.4, -0.2) is 41.0 Å². The number of hydrogen-bond donors (Lipinski definition) is 0. The summed E-state index contributed by atoms with van der Waals surface area (Å²) in [5.41, 5.74) is 2.41. The smallest absolute Gasteiger partial charge is 0.269 e. The Hall–Kier alpha value is -2.47. The molecule has 6 heteroatoms. The van der Waals surface area contributed by atoms with Crippen LogP contribution in [0.25, 0.3) is 0 Å². The van der Waals surface area contributed by atoms with Crippen LogP contribution in [-0.2, 0) is 6.54 Å². The lowest BCUT2D eigenvalue weighted by Gasteiger charge is -2.36. The summed E-state index contributed by atoms with van der Waals surface area (Å²) in [7, 11) is 0. The first-order valence-electron chi connectivity index (χ1n) is 7.33. The van der Waals surface area contributed by atoms with E-state index in [2.05, 4.69) is 20.9 Å². The zero-order chi connectivity index (χ0) is 15.4. The number of hydrogen-bond acceptors (Lipinski definition) is 5. The number of benzene rings is 1. The number of pyridine rings is 1. The van der Waals surface area contributed by atoms with Crippen LogP contribution in [0.3, 0.4) is 0 Å². The van der Waals surface area contributed by atoms with Gasteiger partial charge in [0.1, 0.15) is 0 Å². The van der Waals surface area contributed by atoms with Crippen LogP contribution >= 0.6 is 0 Å². The molecule has 1 aromatic heterocycles. The van der Waals surface area contributed by atoms with Crippen molar-refractivity contribution in [2.75, 3.05) is 31.1 Å². The largest absolute Gasteiger partial charge is 0.369 e. The highest BCUT2D eigenvalue weighted by Crippen LogP contribution is 2.21. The highest BCUT2D eigenvalue weighted by molar-refractivity contribution is 5.51. The Labute approximate surface area is 129 Å². The van der Waals surface area contributed by atoms with Crippen molar-refractivity contribution in [3.63, 3.8) is 0 Å². The van der Waals surface area contributed by atoms with Crippen LogP contribution < -0.4 is 4.90 Å². The summed E-state index contributed by atoms with van der Waals surface area (Å²) in [4.78, 5) is 19.1. The van der Waals surface area contributed by atoms with Crippen molar-refractivity contribution in [1.29, 1.82) is 0 Å². The van der Waals surface area contributed by atoms with E-state index in [0.29, 0.717) is 0 Å². The molecule has 0 saturated carbocycles. The monoisotopic (exact) mass is 298 g/mol. The van der Waals surface area contributed by atoms with Gasteiger partial charge in [0.2, 0.25) is 0 Å². The molecule has 0 aliphatic carbocycles. The minimum absolute atomic E-state index is 0.138. The number of non-ortho nitro benzene ring substituents is 1. The predicted molar refractivity (Wildman–Crippen MR) is 84.8 cm³/mol. The summed E-state index contributed by atoms with van der Waals surface area (Å²) < 4.78 is 0. The third-order valence-electron chi connectivity index (χ3n) is 3.93. The number of anilines is 1. The molecular weight excluding hydrogens is 280 g/mol. The molecule has 1 aliphatic heterocycles. The van der Waals surface area contributed by atoms with Gasteiger partial charge >= 0.3 is 0 Å². The minimum Gasteiger partial charge on any atom is -0.369 e. The molecule has 0 radical (unpaired) electrons. The Morgan fingerprint density at radius 3 is 2.41 bits per heavy atom. The van der Waals surface area contributed by atoms with Crippen LogP contribution in [0.2, 0.25) is 0 Å². The van der Waals surface area contributed by atoms with Crippen LogP contribution in [0.4, 0.5) is 11.4 Å². The topological polar surface area (TPSA) is 62.5 Å². The van der Waals surface area contributed by atoms with E-state index in [1.165, 1.54) is 5.56 Å². The second-order valence-electron chi connectivity index (χ2n) is 5.40. The van der Waals surface area contributed by atoms with Gasteiger partial charge in [-0.3, -0.25) is 20.0 Å². The molecule has 0 amide bonds. The van der Waals surface area contributed by atoms with E-state index in [1.54, 1.807) is 18.3 Å². The molecule has 6 nitrogen and oxygen atoms in total. The summed E-state index contributed by atoms with van der Waals surface area (Å²) in [6.45, 7) is 4.73. The standard InChI is InChI=1S/C16H18N4O2/c21-20(22)16-5-3-15(4-6-16)19-10-8-18(9-11-19)13-14-2-1-7-17-12-14/h1-7,12H,8-11,13H2. The van der Waals surface area contributed by atoms with E-state index < -0.39 is 0 Å². The molecular formula is C16H18N4O2. The fourth-order valence-corrected chi connectivity index (χ4v) is 2.70. The van der Waals surface area contributed by atoms with Gasteiger partial charge in [-0.1, -0.05) is 6.07 Å². The molecule has 0 N–H and O–H groups in total. The maximum atomic E-state index is 10.7. The maximum absolute atomic E-state index is 10.7. The molecule has 1 fully saturated rings. The van der Waals surface area contributed by atoms with E-state index in [0.717, 1.165) is 38.4 Å². The van der Waals surface area contributed by atoms with Gasteiger partial charge in [-0.25, -0.2) is 0 Å². The van der Waals surface area contributed by atoms with Crippen LogP contribution in [0.15, 0.2) is 48.8 Å². The van der Waals surface area contributed by atoms with Crippen LogP contribution in [0.1, 0.15) is 5.56 Å². The number of nitrogens with zero attached hydrogens (tertiary/aromatic N) is 4. The second kappa shape index (κ2) is 6.53. The first kappa shape index (κ1) is 14.5. The van der Waals surface area contributed by atoms with Gasteiger partial charge in [-0.05, 0) is 23.8 Å².